The number of aromatic nitrogens is 6. The predicted molar refractivity (Wildman–Crippen MR) is 162 cm³/mol. The second-order valence-corrected chi connectivity index (χ2v) is 13.4. The first-order valence-electron chi connectivity index (χ1n) is 12.8. The van der Waals surface area contributed by atoms with Gasteiger partial charge in [-0.05, 0) is 47.1 Å². The third-order valence-corrected chi connectivity index (χ3v) is 8.82. The lowest BCUT2D eigenvalue weighted by molar-refractivity contribution is 0.594. The number of para-hydroxylation sites is 2. The summed E-state index contributed by atoms with van der Waals surface area (Å²) in [6.07, 6.45) is 0. The van der Waals surface area contributed by atoms with Crippen molar-refractivity contribution in [2.24, 2.45) is 7.05 Å². The molecule has 7 rings (SSSR count). The Morgan fingerprint density at radius 1 is 0.676 bits per heavy atom. The van der Waals surface area contributed by atoms with Gasteiger partial charge in [-0.25, -0.2) is 12.7 Å². The summed E-state index contributed by atoms with van der Waals surface area (Å²) in [6.45, 7) is 15.8. The van der Waals surface area contributed by atoms with Crippen LogP contribution in [0.1, 0.15) is 58.2 Å². The number of hydrogen-bond donors (Lipinski definition) is 0. The first-order chi connectivity index (χ1) is 17.4. The van der Waals surface area contributed by atoms with E-state index in [4.69, 9.17) is 9.97 Å². The van der Waals surface area contributed by atoms with Gasteiger partial charge < -0.3 is 4.57 Å². The van der Waals surface area contributed by atoms with Crippen molar-refractivity contribution >= 4 is 78.6 Å². The molecule has 0 aliphatic carbocycles. The van der Waals surface area contributed by atoms with E-state index in [0.717, 1.165) is 33.6 Å². The summed E-state index contributed by atoms with van der Waals surface area (Å²) in [4.78, 5) is 10.4. The Morgan fingerprint density at radius 2 is 1.16 bits per heavy atom. The maximum atomic E-state index is 5.20. The molecule has 0 atom stereocenters. The van der Waals surface area contributed by atoms with Crippen LogP contribution in [0.15, 0.2) is 42.5 Å². The molecule has 0 amide bonds. The molecule has 37 heavy (non-hydrogen) atoms. The number of benzene rings is 3. The lowest BCUT2D eigenvalue weighted by Gasteiger charge is -2.19. The van der Waals surface area contributed by atoms with Crippen LogP contribution in [0.25, 0.3) is 55.7 Å². The van der Waals surface area contributed by atoms with Crippen molar-refractivity contribution in [3.05, 3.63) is 59.2 Å². The van der Waals surface area contributed by atoms with Crippen molar-refractivity contribution in [1.82, 2.24) is 26.1 Å². The molecule has 3 aromatic carbocycles. The maximum Gasteiger partial charge on any atom is 0.225 e. The second kappa shape index (κ2) is 7.07. The zero-order chi connectivity index (χ0) is 26.2. The highest BCUT2D eigenvalue weighted by molar-refractivity contribution is 14.1. The van der Waals surface area contributed by atoms with Gasteiger partial charge in [-0.2, -0.15) is 0 Å². The summed E-state index contributed by atoms with van der Waals surface area (Å²) in [5.74, 6) is 1.93. The van der Waals surface area contributed by atoms with Crippen molar-refractivity contribution in [3.8, 4) is 0 Å². The summed E-state index contributed by atoms with van der Waals surface area (Å²) in [7, 11) is 2.13. The number of fused-ring (bicyclic) bond motifs is 10. The molecule has 6 nitrogen and oxygen atoms in total. The van der Waals surface area contributed by atoms with Crippen LogP contribution in [0.2, 0.25) is 0 Å². The van der Waals surface area contributed by atoms with E-state index in [0.29, 0.717) is 0 Å². The van der Waals surface area contributed by atoms with Gasteiger partial charge in [0.25, 0.3) is 0 Å². The fraction of sp³-hybridized carbons (Fsp3) is 0.333. The Bertz CT molecular complexity index is 1940. The van der Waals surface area contributed by atoms with Crippen LogP contribution in [-0.2, 0) is 17.9 Å². The molecule has 0 unspecified atom stereocenters. The maximum absolute atomic E-state index is 5.20. The molecule has 0 fully saturated rings. The molecule has 4 heterocycles. The summed E-state index contributed by atoms with van der Waals surface area (Å²) in [5, 5.41) is 0. The third-order valence-electron chi connectivity index (χ3n) is 7.91. The lowest BCUT2D eigenvalue weighted by Crippen LogP contribution is -2.11. The van der Waals surface area contributed by atoms with Crippen LogP contribution >= 0.6 is 22.9 Å². The van der Waals surface area contributed by atoms with Gasteiger partial charge in [-0.1, -0.05) is 65.8 Å². The van der Waals surface area contributed by atoms with Crippen molar-refractivity contribution in [2.75, 3.05) is 0 Å². The van der Waals surface area contributed by atoms with Crippen LogP contribution in [0.3, 0.4) is 0 Å². The zero-order valence-corrected chi connectivity index (χ0v) is 24.8. The molecule has 0 aliphatic heterocycles. The minimum Gasteiger partial charge on any atom is -0.312 e. The Labute approximate surface area is 229 Å². The Kier molecular flexibility index (Phi) is 4.41. The van der Waals surface area contributed by atoms with Gasteiger partial charge in [-0.3, -0.25) is 8.80 Å². The third kappa shape index (κ3) is 2.86. The first kappa shape index (κ1) is 23.1. The monoisotopic (exact) mass is 602 g/mol. The average Bonchev–Trinajstić information content (AvgIpc) is 3.52. The van der Waals surface area contributed by atoms with Crippen LogP contribution < -0.4 is 0 Å². The minimum absolute atomic E-state index is 0.0139. The molecule has 0 aliphatic rings. The lowest BCUT2D eigenvalue weighted by atomic mass is 9.86. The first-order valence-corrected chi connectivity index (χ1v) is 13.8. The van der Waals surface area contributed by atoms with E-state index in [1.807, 2.05) is 0 Å². The van der Waals surface area contributed by atoms with Crippen molar-refractivity contribution < 1.29 is 0 Å². The largest absolute Gasteiger partial charge is 0.312 e. The van der Waals surface area contributed by atoms with Gasteiger partial charge in [0.15, 0.2) is 0 Å². The molecule has 0 bridgehead atoms. The molecule has 0 N–H and O–H groups in total. The Hall–Kier alpha value is -3.07. The zero-order valence-electron chi connectivity index (χ0n) is 22.6. The minimum atomic E-state index is 0.0139. The molecular formula is C30H31IN6. The van der Waals surface area contributed by atoms with Gasteiger partial charge in [-0.15, -0.1) is 0 Å². The Morgan fingerprint density at radius 3 is 1.70 bits per heavy atom. The van der Waals surface area contributed by atoms with Gasteiger partial charge >= 0.3 is 0 Å². The van der Waals surface area contributed by atoms with E-state index in [1.54, 1.807) is 0 Å². The Balaban J connectivity index is 1.69. The van der Waals surface area contributed by atoms with Gasteiger partial charge in [0, 0.05) is 12.6 Å². The van der Waals surface area contributed by atoms with Gasteiger partial charge in [0.1, 0.15) is 0 Å². The van der Waals surface area contributed by atoms with Crippen LogP contribution in [-0.4, -0.2) is 26.1 Å². The highest BCUT2D eigenvalue weighted by Gasteiger charge is 2.26. The van der Waals surface area contributed by atoms with E-state index < -0.39 is 0 Å². The van der Waals surface area contributed by atoms with Gasteiger partial charge in [0.2, 0.25) is 11.6 Å². The number of nitrogens with zero attached hydrogens (tertiary/aromatic N) is 6. The molecular weight excluding hydrogens is 571 g/mol. The molecule has 0 spiro atoms. The number of rotatable bonds is 0. The molecule has 0 saturated carbocycles. The molecule has 4 aromatic heterocycles. The van der Waals surface area contributed by atoms with E-state index in [-0.39, 0.29) is 10.8 Å². The van der Waals surface area contributed by atoms with Crippen LogP contribution in [0.4, 0.5) is 0 Å². The average molecular weight is 603 g/mol. The molecule has 7 aromatic rings. The topological polar surface area (TPSA) is 44.5 Å². The van der Waals surface area contributed by atoms with E-state index >= 15 is 0 Å². The molecule has 0 radical (unpaired) electrons. The van der Waals surface area contributed by atoms with Crippen molar-refractivity contribution in [3.63, 3.8) is 0 Å². The van der Waals surface area contributed by atoms with Crippen LogP contribution in [0.5, 0.6) is 0 Å². The normalized spacial score (nSPS) is 13.5. The fourth-order valence-corrected chi connectivity index (χ4v) is 7.12. The quantitative estimate of drug-likeness (QED) is 0.166. The molecule has 0 saturated heterocycles. The second-order valence-electron chi connectivity index (χ2n) is 12.4. The fourth-order valence-electron chi connectivity index (χ4n) is 6.19. The number of halogens is 1. The predicted octanol–water partition coefficient (Wildman–Crippen LogP) is 7.84. The van der Waals surface area contributed by atoms with E-state index in [1.165, 1.54) is 38.8 Å². The van der Waals surface area contributed by atoms with E-state index in [9.17, 15) is 0 Å². The highest BCUT2D eigenvalue weighted by Crippen LogP contribution is 2.39. The van der Waals surface area contributed by atoms with E-state index in [2.05, 4.69) is 137 Å². The molecule has 7 heteroatoms. The summed E-state index contributed by atoms with van der Waals surface area (Å²) in [6, 6.07) is 15.5. The smallest absolute Gasteiger partial charge is 0.225 e. The number of hydrogen-bond acceptors (Lipinski definition) is 2. The van der Waals surface area contributed by atoms with Crippen molar-refractivity contribution in [1.29, 1.82) is 0 Å². The highest BCUT2D eigenvalue weighted by atomic mass is 127. The van der Waals surface area contributed by atoms with Crippen molar-refractivity contribution in [2.45, 2.75) is 59.3 Å². The summed E-state index contributed by atoms with van der Waals surface area (Å²) >= 11 is 2.42. The molecule has 188 valence electrons. The number of aryl methyl sites for hydroxylation is 2. The summed E-state index contributed by atoms with van der Waals surface area (Å²) in [5.41, 5.74) is 13.0. The standard InChI is InChI=1S/C30H31IN6/c1-16-25-21(35-19-13-9-11-17(29(2,3)4)23(19)32-27(35)34(25)8)15-22-26(16)37(31)28-33-24-18(30(5,6)7)12-10-14-20(24)36(22)28/h9-15H,1-8H3. The summed E-state index contributed by atoms with van der Waals surface area (Å²) < 4.78 is 9.14. The van der Waals surface area contributed by atoms with Gasteiger partial charge in [0.05, 0.1) is 67.0 Å². The number of imidazole rings is 4. The van der Waals surface area contributed by atoms with Crippen LogP contribution in [0, 0.1) is 6.92 Å². The SMILES string of the molecule is Cc1c2c(cc3c1n(I)c1nc4c(C(C)(C)C)cccc4n31)n1c3cccc(C(C)(C)C)c3nc1n2C.